The van der Waals surface area contributed by atoms with Crippen LogP contribution in [0, 0.1) is 5.82 Å². The Morgan fingerprint density at radius 3 is 3.06 bits per heavy atom. The summed E-state index contributed by atoms with van der Waals surface area (Å²) in [5, 5.41) is 5.73. The normalized spacial score (nSPS) is 19.9. The molecule has 1 amide bonds. The van der Waals surface area contributed by atoms with Crippen molar-refractivity contribution in [3.63, 3.8) is 0 Å². The van der Waals surface area contributed by atoms with Crippen molar-refractivity contribution >= 4 is 5.91 Å². The molecule has 5 heteroatoms. The number of amides is 1. The summed E-state index contributed by atoms with van der Waals surface area (Å²) in [6.07, 6.45) is 0. The van der Waals surface area contributed by atoms with E-state index in [0.717, 1.165) is 0 Å². The molecule has 1 fully saturated rings. The lowest BCUT2D eigenvalue weighted by molar-refractivity contribution is -0.126. The second kappa shape index (κ2) is 5.75. The predicted molar refractivity (Wildman–Crippen MR) is 60.9 cm³/mol. The Balaban J connectivity index is 1.85. The maximum Gasteiger partial charge on any atom is 0.239 e. The van der Waals surface area contributed by atoms with Gasteiger partial charge in [0.25, 0.3) is 0 Å². The molecule has 2 rings (SSSR count). The van der Waals surface area contributed by atoms with Gasteiger partial charge < -0.3 is 15.4 Å². The Kier molecular flexibility index (Phi) is 4.06. The number of nitrogens with one attached hydrogen (secondary N) is 2. The van der Waals surface area contributed by atoms with E-state index in [0.29, 0.717) is 25.3 Å². The maximum absolute atomic E-state index is 13.3. The minimum absolute atomic E-state index is 0.159. The number of ether oxygens (including phenoxy) is 1. The Bertz CT molecular complexity index is 392. The largest absolute Gasteiger partial charge is 0.378 e. The van der Waals surface area contributed by atoms with Crippen molar-refractivity contribution in [1.29, 1.82) is 0 Å². The molecule has 92 valence electrons. The monoisotopic (exact) mass is 238 g/mol. The van der Waals surface area contributed by atoms with E-state index < -0.39 is 0 Å². The Morgan fingerprint density at radius 1 is 1.53 bits per heavy atom. The summed E-state index contributed by atoms with van der Waals surface area (Å²) in [6, 6.07) is 6.06. The van der Waals surface area contributed by atoms with Crippen LogP contribution in [0.25, 0.3) is 0 Å². The standard InChI is InChI=1S/C12H15FN2O2/c13-10-4-2-1-3-9(10)7-15-12(16)11-8-17-6-5-14-11/h1-4,11,14H,5-8H2,(H,15,16). The Hall–Kier alpha value is -1.46. The predicted octanol–water partition coefficient (Wildman–Crippen LogP) is 0.430. The van der Waals surface area contributed by atoms with Crippen LogP contribution in [0.2, 0.25) is 0 Å². The van der Waals surface area contributed by atoms with Gasteiger partial charge in [-0.2, -0.15) is 0 Å². The molecule has 1 aliphatic heterocycles. The molecule has 0 bridgehead atoms. The molecular formula is C12H15FN2O2. The number of carbonyl (C=O) groups excluding carboxylic acids is 1. The number of benzene rings is 1. The van der Waals surface area contributed by atoms with E-state index in [1.54, 1.807) is 18.2 Å². The van der Waals surface area contributed by atoms with Crippen molar-refractivity contribution in [3.8, 4) is 0 Å². The molecule has 4 nitrogen and oxygen atoms in total. The van der Waals surface area contributed by atoms with Gasteiger partial charge in [-0.25, -0.2) is 4.39 Å². The molecule has 0 aromatic heterocycles. The fourth-order valence-corrected chi connectivity index (χ4v) is 1.68. The molecule has 0 saturated carbocycles. The number of halogens is 1. The first-order chi connectivity index (χ1) is 8.27. The molecule has 1 atom stereocenters. The summed E-state index contributed by atoms with van der Waals surface area (Å²) in [5.41, 5.74) is 0.484. The average Bonchev–Trinajstić information content (AvgIpc) is 2.38. The lowest BCUT2D eigenvalue weighted by Crippen LogP contribution is -2.51. The van der Waals surface area contributed by atoms with Gasteiger partial charge in [0.05, 0.1) is 13.2 Å². The van der Waals surface area contributed by atoms with Crippen molar-refractivity contribution in [2.45, 2.75) is 12.6 Å². The zero-order valence-electron chi connectivity index (χ0n) is 9.41. The molecule has 1 aromatic carbocycles. The molecule has 2 N–H and O–H groups in total. The van der Waals surface area contributed by atoms with Crippen LogP contribution in [0.3, 0.4) is 0 Å². The smallest absolute Gasteiger partial charge is 0.239 e. The van der Waals surface area contributed by atoms with Crippen LogP contribution >= 0.6 is 0 Å². The number of hydrogen-bond donors (Lipinski definition) is 2. The maximum atomic E-state index is 13.3. The van der Waals surface area contributed by atoms with E-state index in [4.69, 9.17) is 4.74 Å². The van der Waals surface area contributed by atoms with Crippen LogP contribution in [-0.4, -0.2) is 31.7 Å². The second-order valence-electron chi connectivity index (χ2n) is 3.89. The van der Waals surface area contributed by atoms with Gasteiger partial charge in [-0.1, -0.05) is 18.2 Å². The zero-order valence-corrected chi connectivity index (χ0v) is 9.41. The van der Waals surface area contributed by atoms with E-state index in [2.05, 4.69) is 10.6 Å². The van der Waals surface area contributed by atoms with Gasteiger partial charge in [-0.15, -0.1) is 0 Å². The van der Waals surface area contributed by atoms with Crippen LogP contribution in [0.5, 0.6) is 0 Å². The van der Waals surface area contributed by atoms with Crippen LogP contribution in [-0.2, 0) is 16.1 Å². The quantitative estimate of drug-likeness (QED) is 0.803. The van der Waals surface area contributed by atoms with E-state index in [9.17, 15) is 9.18 Å². The first-order valence-electron chi connectivity index (χ1n) is 5.59. The molecule has 1 aliphatic rings. The highest BCUT2D eigenvalue weighted by Gasteiger charge is 2.20. The Morgan fingerprint density at radius 2 is 2.35 bits per heavy atom. The van der Waals surface area contributed by atoms with Gasteiger partial charge >= 0.3 is 0 Å². The summed E-state index contributed by atoms with van der Waals surface area (Å²) < 4.78 is 18.5. The first-order valence-corrected chi connectivity index (χ1v) is 5.59. The van der Waals surface area contributed by atoms with E-state index in [1.807, 2.05) is 0 Å². The summed E-state index contributed by atoms with van der Waals surface area (Å²) in [6.45, 7) is 1.85. The van der Waals surface area contributed by atoms with Crippen molar-refractivity contribution in [1.82, 2.24) is 10.6 Å². The fourth-order valence-electron chi connectivity index (χ4n) is 1.68. The molecular weight excluding hydrogens is 223 g/mol. The minimum atomic E-state index is -0.337. The first kappa shape index (κ1) is 12.0. The number of rotatable bonds is 3. The molecule has 1 heterocycles. The summed E-state index contributed by atoms with van der Waals surface area (Å²) in [5.74, 6) is -0.464. The van der Waals surface area contributed by atoms with E-state index >= 15 is 0 Å². The van der Waals surface area contributed by atoms with E-state index in [-0.39, 0.29) is 24.3 Å². The summed E-state index contributed by atoms with van der Waals surface area (Å²) >= 11 is 0. The van der Waals surface area contributed by atoms with Gasteiger partial charge in [0.15, 0.2) is 0 Å². The molecule has 0 spiro atoms. The van der Waals surface area contributed by atoms with Gasteiger partial charge in [0.1, 0.15) is 11.9 Å². The third-order valence-electron chi connectivity index (χ3n) is 2.65. The number of hydrogen-bond acceptors (Lipinski definition) is 3. The van der Waals surface area contributed by atoms with Crippen LogP contribution in [0.15, 0.2) is 24.3 Å². The zero-order chi connectivity index (χ0) is 12.1. The van der Waals surface area contributed by atoms with Crippen LogP contribution in [0.4, 0.5) is 4.39 Å². The molecule has 0 aliphatic carbocycles. The number of morpholine rings is 1. The number of carbonyl (C=O) groups is 1. The van der Waals surface area contributed by atoms with Gasteiger partial charge in [-0.05, 0) is 6.07 Å². The van der Waals surface area contributed by atoms with Crippen molar-refractivity contribution in [2.24, 2.45) is 0 Å². The SMILES string of the molecule is O=C(NCc1ccccc1F)C1COCCN1. The highest BCUT2D eigenvalue weighted by Crippen LogP contribution is 2.05. The lowest BCUT2D eigenvalue weighted by atomic mass is 10.2. The van der Waals surface area contributed by atoms with Crippen molar-refractivity contribution in [2.75, 3.05) is 19.8 Å². The summed E-state index contributed by atoms with van der Waals surface area (Å²) in [7, 11) is 0. The molecule has 1 saturated heterocycles. The second-order valence-corrected chi connectivity index (χ2v) is 3.89. The highest BCUT2D eigenvalue weighted by atomic mass is 19.1. The molecule has 1 unspecified atom stereocenters. The third-order valence-corrected chi connectivity index (χ3v) is 2.65. The van der Waals surface area contributed by atoms with Gasteiger partial charge in [0, 0.05) is 18.7 Å². The summed E-state index contributed by atoms with van der Waals surface area (Å²) in [4.78, 5) is 11.7. The van der Waals surface area contributed by atoms with Crippen molar-refractivity contribution < 1.29 is 13.9 Å². The average molecular weight is 238 g/mol. The minimum Gasteiger partial charge on any atom is -0.378 e. The Labute approximate surface area is 99.2 Å². The molecule has 0 radical (unpaired) electrons. The molecule has 1 aromatic rings. The lowest BCUT2D eigenvalue weighted by Gasteiger charge is -2.22. The highest BCUT2D eigenvalue weighted by molar-refractivity contribution is 5.81. The fraction of sp³-hybridized carbons (Fsp3) is 0.417. The van der Waals surface area contributed by atoms with Crippen LogP contribution in [0.1, 0.15) is 5.56 Å². The van der Waals surface area contributed by atoms with Gasteiger partial charge in [0.2, 0.25) is 5.91 Å². The van der Waals surface area contributed by atoms with Crippen molar-refractivity contribution in [3.05, 3.63) is 35.6 Å². The van der Waals surface area contributed by atoms with Gasteiger partial charge in [-0.3, -0.25) is 4.79 Å². The topological polar surface area (TPSA) is 50.4 Å². The van der Waals surface area contributed by atoms with Crippen LogP contribution < -0.4 is 10.6 Å². The van der Waals surface area contributed by atoms with E-state index in [1.165, 1.54) is 6.07 Å². The third kappa shape index (κ3) is 3.25. The molecule has 17 heavy (non-hydrogen) atoms.